The topological polar surface area (TPSA) is 0 Å². The normalized spacial score (nSPS) is 17.8. The Labute approximate surface area is 219 Å². The minimum absolute atomic E-state index is 0.198. The summed E-state index contributed by atoms with van der Waals surface area (Å²) in [6.45, 7) is 0. The molecule has 35 heavy (non-hydrogen) atoms. The fourth-order valence-electron chi connectivity index (χ4n) is 4.68. The van der Waals surface area contributed by atoms with Crippen LogP contribution >= 0.6 is 54.5 Å². The third-order valence-electron chi connectivity index (χ3n) is 6.28. The van der Waals surface area contributed by atoms with Crippen molar-refractivity contribution < 1.29 is 26.3 Å². The molecule has 0 amide bonds. The summed E-state index contributed by atoms with van der Waals surface area (Å²) in [7, 11) is 0. The molecule has 6 rings (SSSR count). The molecule has 0 unspecified atom stereocenters. The number of halogens is 8. The molecule has 2 heterocycles. The molecule has 0 saturated carbocycles. The van der Waals surface area contributed by atoms with E-state index < -0.39 is 28.9 Å². The van der Waals surface area contributed by atoms with Crippen LogP contribution in [0.3, 0.4) is 0 Å². The first kappa shape index (κ1) is 23.5. The van der Waals surface area contributed by atoms with Gasteiger partial charge in [-0.05, 0) is 68.7 Å². The van der Waals surface area contributed by atoms with E-state index in [9.17, 15) is 8.78 Å². The molecule has 0 atom stereocenters. The first-order valence-electron chi connectivity index (χ1n) is 10.1. The molecule has 5 aromatic rings. The van der Waals surface area contributed by atoms with Crippen LogP contribution in [0, 0.1) is 0 Å². The molecule has 1 aliphatic carbocycles. The van der Waals surface area contributed by atoms with Crippen molar-refractivity contribution in [1.29, 1.82) is 0 Å². The van der Waals surface area contributed by atoms with Gasteiger partial charge in [0.15, 0.2) is 0 Å². The van der Waals surface area contributed by atoms with Crippen LogP contribution in [0.15, 0.2) is 68.2 Å². The lowest BCUT2D eigenvalue weighted by Gasteiger charge is -2.23. The Bertz CT molecular complexity index is 1520. The van der Waals surface area contributed by atoms with Gasteiger partial charge in [0, 0.05) is 41.0 Å². The summed E-state index contributed by atoms with van der Waals surface area (Å²) in [4.78, 5) is 1.62. The number of hydrogen-bond acceptors (Lipinski definition) is 2. The molecule has 3 aromatic carbocycles. The van der Waals surface area contributed by atoms with E-state index in [0.717, 1.165) is 9.75 Å². The van der Waals surface area contributed by atoms with Gasteiger partial charge in [-0.3, -0.25) is 0 Å². The van der Waals surface area contributed by atoms with E-state index >= 15 is 17.6 Å². The molecule has 0 bridgehead atoms. The van der Waals surface area contributed by atoms with Crippen LogP contribution < -0.4 is 0 Å². The Kier molecular flexibility index (Phi) is 5.08. The van der Waals surface area contributed by atoms with Crippen LogP contribution in [-0.4, -0.2) is 5.92 Å². The van der Waals surface area contributed by atoms with Crippen LogP contribution in [0.5, 0.6) is 0 Å². The van der Waals surface area contributed by atoms with Gasteiger partial charge in [-0.2, -0.15) is 26.3 Å². The van der Waals surface area contributed by atoms with E-state index in [4.69, 9.17) is 0 Å². The van der Waals surface area contributed by atoms with Gasteiger partial charge in [-0.25, -0.2) is 0 Å². The largest absolute Gasteiger partial charge is 0.380 e. The fraction of sp³-hybridized carbons (Fsp3) is 0.120. The summed E-state index contributed by atoms with van der Waals surface area (Å²) in [6, 6.07) is 13.0. The first-order valence-corrected chi connectivity index (χ1v) is 13.5. The average Bonchev–Trinajstić information content (AvgIpc) is 3.52. The van der Waals surface area contributed by atoms with Crippen molar-refractivity contribution in [1.82, 2.24) is 0 Å². The monoisotopic (exact) mass is 646 g/mol. The maximum absolute atomic E-state index is 15.1. The molecule has 0 aliphatic heterocycles. The number of benzene rings is 3. The van der Waals surface area contributed by atoms with Gasteiger partial charge in [-0.1, -0.05) is 44.0 Å². The second-order valence-electron chi connectivity index (χ2n) is 8.18. The molecule has 0 spiro atoms. The van der Waals surface area contributed by atoms with Crippen molar-refractivity contribution in [3.63, 3.8) is 0 Å². The molecule has 0 fully saturated rings. The van der Waals surface area contributed by atoms with Crippen molar-refractivity contribution in [2.24, 2.45) is 0 Å². The molecule has 0 N–H and O–H groups in total. The highest BCUT2D eigenvalue weighted by molar-refractivity contribution is 9.11. The fourth-order valence-corrected chi connectivity index (χ4v) is 7.57. The van der Waals surface area contributed by atoms with Gasteiger partial charge in [0.1, 0.15) is 0 Å². The molecule has 1 aliphatic rings. The molecule has 0 nitrogen and oxygen atoms in total. The predicted molar refractivity (Wildman–Crippen MR) is 136 cm³/mol. The lowest BCUT2D eigenvalue weighted by molar-refractivity contribution is -0.301. The second-order valence-corrected chi connectivity index (χ2v) is 11.8. The maximum Gasteiger partial charge on any atom is 0.380 e. The summed E-state index contributed by atoms with van der Waals surface area (Å²) in [6.07, 6.45) is 0. The van der Waals surface area contributed by atoms with Gasteiger partial charge >= 0.3 is 17.8 Å². The molecule has 2 aromatic heterocycles. The highest BCUT2D eigenvalue weighted by Crippen LogP contribution is 2.66. The molecule has 0 saturated heterocycles. The summed E-state index contributed by atoms with van der Waals surface area (Å²) in [5, 5.41) is 3.41. The van der Waals surface area contributed by atoms with E-state index in [1.54, 1.807) is 12.1 Å². The first-order chi connectivity index (χ1) is 16.5. The Morgan fingerprint density at radius 2 is 0.971 bits per heavy atom. The summed E-state index contributed by atoms with van der Waals surface area (Å²) >= 11 is 9.51. The van der Waals surface area contributed by atoms with Gasteiger partial charge in [0.05, 0.1) is 0 Å². The highest BCUT2D eigenvalue weighted by atomic mass is 79.9. The van der Waals surface area contributed by atoms with Crippen molar-refractivity contribution in [3.05, 3.63) is 79.4 Å². The lowest BCUT2D eigenvalue weighted by atomic mass is 9.89. The quantitative estimate of drug-likeness (QED) is 0.132. The van der Waals surface area contributed by atoms with Gasteiger partial charge in [0.25, 0.3) is 0 Å². The second kappa shape index (κ2) is 7.57. The van der Waals surface area contributed by atoms with E-state index in [0.29, 0.717) is 20.1 Å². The van der Waals surface area contributed by atoms with Gasteiger partial charge in [0.2, 0.25) is 0 Å². The lowest BCUT2D eigenvalue weighted by Crippen LogP contribution is -2.43. The smallest absolute Gasteiger partial charge is 0.194 e. The molecule has 178 valence electrons. The maximum atomic E-state index is 15.1. The van der Waals surface area contributed by atoms with Crippen molar-refractivity contribution >= 4 is 76.1 Å². The Morgan fingerprint density at radius 3 is 1.31 bits per heavy atom. The number of thiophene rings is 2. The van der Waals surface area contributed by atoms with Crippen molar-refractivity contribution in [2.75, 3.05) is 0 Å². The standard InChI is InChI=1S/C25H10Br2F6S2/c26-17-9-13-11(7-15(17)19-3-1-5-34-19)12-8-16(20-4-2-6-35-20)18(27)10-14(12)22-21(13)23(28,29)25(32,33)24(22,30)31/h1-10H. The Morgan fingerprint density at radius 1 is 0.571 bits per heavy atom. The number of fused-ring (bicyclic) bond motifs is 6. The summed E-state index contributed by atoms with van der Waals surface area (Å²) in [5.74, 6) is -15.7. The van der Waals surface area contributed by atoms with Crippen molar-refractivity contribution in [3.8, 4) is 20.9 Å². The van der Waals surface area contributed by atoms with Crippen molar-refractivity contribution in [2.45, 2.75) is 17.8 Å². The predicted octanol–water partition coefficient (Wildman–Crippen LogP) is 10.8. The molecule has 0 radical (unpaired) electrons. The summed E-state index contributed by atoms with van der Waals surface area (Å²) in [5.41, 5.74) is -1.36. The van der Waals surface area contributed by atoms with Crippen LogP contribution in [0.1, 0.15) is 11.1 Å². The third kappa shape index (κ3) is 3.03. The third-order valence-corrected chi connectivity index (χ3v) is 9.40. The Balaban J connectivity index is 1.85. The number of alkyl halides is 6. The number of hydrogen-bond donors (Lipinski definition) is 0. The van der Waals surface area contributed by atoms with Gasteiger partial charge in [-0.15, -0.1) is 22.7 Å². The minimum atomic E-state index is -5.58. The van der Waals surface area contributed by atoms with E-state index in [2.05, 4.69) is 31.9 Å². The molecular formula is C25H10Br2F6S2. The Hall–Kier alpha value is -1.88. The van der Waals surface area contributed by atoms with E-state index in [1.165, 1.54) is 34.8 Å². The molecular weight excluding hydrogens is 638 g/mol. The van der Waals surface area contributed by atoms with Crippen LogP contribution in [0.25, 0.3) is 42.4 Å². The zero-order valence-corrected chi connectivity index (χ0v) is 21.9. The van der Waals surface area contributed by atoms with Gasteiger partial charge < -0.3 is 0 Å². The zero-order valence-electron chi connectivity index (χ0n) is 17.1. The van der Waals surface area contributed by atoms with Crippen LogP contribution in [0.2, 0.25) is 0 Å². The van der Waals surface area contributed by atoms with Crippen LogP contribution in [-0.2, 0) is 11.8 Å². The summed E-state index contributed by atoms with van der Waals surface area (Å²) < 4.78 is 90.5. The van der Waals surface area contributed by atoms with Crippen LogP contribution in [0.4, 0.5) is 26.3 Å². The average molecular weight is 648 g/mol. The minimum Gasteiger partial charge on any atom is -0.194 e. The molecule has 10 heteroatoms. The van der Waals surface area contributed by atoms with E-state index in [-0.39, 0.29) is 21.5 Å². The number of rotatable bonds is 2. The SMILES string of the molecule is FC1(F)c2c(c3cc(Br)c(-c4cccs4)cc3c3cc(-c4cccs4)c(Br)cc23)C(F)(F)C1(F)F. The zero-order chi connectivity index (χ0) is 24.9. The van der Waals surface area contributed by atoms with E-state index in [1.807, 2.05) is 35.0 Å². The highest BCUT2D eigenvalue weighted by Gasteiger charge is 2.80.